The SMILES string of the molecule is CN1C(c2ccccc2P(c2ccccc2)c2ccccc2)=NCC1c1ccccc1. The molecule has 0 N–H and O–H groups in total. The molecule has 0 bridgehead atoms. The van der Waals surface area contributed by atoms with E-state index in [1.165, 1.54) is 27.0 Å². The van der Waals surface area contributed by atoms with Gasteiger partial charge in [-0.05, 0) is 29.4 Å². The number of hydrogen-bond acceptors (Lipinski definition) is 2. The Labute approximate surface area is 185 Å². The van der Waals surface area contributed by atoms with E-state index < -0.39 is 7.92 Å². The third-order valence-corrected chi connectivity index (χ3v) is 8.32. The summed E-state index contributed by atoms with van der Waals surface area (Å²) in [6.45, 7) is 0.790. The van der Waals surface area contributed by atoms with Crippen molar-refractivity contribution in [3.8, 4) is 0 Å². The predicted molar refractivity (Wildman–Crippen MR) is 133 cm³/mol. The molecule has 0 aliphatic carbocycles. The lowest BCUT2D eigenvalue weighted by Crippen LogP contribution is -2.32. The molecule has 0 saturated carbocycles. The van der Waals surface area contributed by atoms with Gasteiger partial charge in [0.1, 0.15) is 5.84 Å². The van der Waals surface area contributed by atoms with Crippen molar-refractivity contribution in [2.75, 3.05) is 13.6 Å². The van der Waals surface area contributed by atoms with E-state index in [1.807, 2.05) is 0 Å². The summed E-state index contributed by atoms with van der Waals surface area (Å²) in [4.78, 5) is 7.37. The van der Waals surface area contributed by atoms with E-state index in [2.05, 4.69) is 127 Å². The Morgan fingerprint density at radius 1 is 0.677 bits per heavy atom. The average molecular weight is 420 g/mol. The molecule has 1 aliphatic heterocycles. The Morgan fingerprint density at radius 3 is 1.81 bits per heavy atom. The summed E-state index contributed by atoms with van der Waals surface area (Å²) in [6.07, 6.45) is 0. The van der Waals surface area contributed by atoms with Gasteiger partial charge >= 0.3 is 0 Å². The molecule has 1 heterocycles. The van der Waals surface area contributed by atoms with E-state index in [9.17, 15) is 0 Å². The van der Waals surface area contributed by atoms with Crippen molar-refractivity contribution in [3.63, 3.8) is 0 Å². The van der Waals surface area contributed by atoms with Crippen LogP contribution >= 0.6 is 7.92 Å². The summed E-state index contributed by atoms with van der Waals surface area (Å²) in [5.74, 6) is 1.09. The highest BCUT2D eigenvalue weighted by atomic mass is 31.1. The minimum absolute atomic E-state index is 0.281. The molecule has 1 atom stereocenters. The summed E-state index contributed by atoms with van der Waals surface area (Å²) in [5, 5.41) is 4.07. The lowest BCUT2D eigenvalue weighted by atomic mass is 10.1. The maximum absolute atomic E-state index is 5.03. The molecule has 0 radical (unpaired) electrons. The number of amidine groups is 1. The fourth-order valence-electron chi connectivity index (χ4n) is 4.27. The molecule has 3 heteroatoms. The van der Waals surface area contributed by atoms with Crippen LogP contribution in [0.4, 0.5) is 0 Å². The van der Waals surface area contributed by atoms with Gasteiger partial charge in [0, 0.05) is 12.6 Å². The zero-order valence-corrected chi connectivity index (χ0v) is 18.5. The van der Waals surface area contributed by atoms with Crippen LogP contribution in [0.5, 0.6) is 0 Å². The number of rotatable bonds is 5. The lowest BCUT2D eigenvalue weighted by Gasteiger charge is -2.27. The summed E-state index contributed by atoms with van der Waals surface area (Å²) < 4.78 is 0. The molecule has 4 aromatic rings. The first-order valence-electron chi connectivity index (χ1n) is 10.6. The van der Waals surface area contributed by atoms with E-state index in [4.69, 9.17) is 4.99 Å². The van der Waals surface area contributed by atoms with Crippen molar-refractivity contribution in [2.24, 2.45) is 4.99 Å². The molecule has 31 heavy (non-hydrogen) atoms. The van der Waals surface area contributed by atoms with E-state index in [1.54, 1.807) is 0 Å². The Hall–Kier alpha value is -3.22. The number of nitrogens with zero attached hydrogens (tertiary/aromatic N) is 2. The molecule has 4 aromatic carbocycles. The van der Waals surface area contributed by atoms with Gasteiger partial charge < -0.3 is 4.90 Å². The van der Waals surface area contributed by atoms with Crippen molar-refractivity contribution >= 4 is 29.7 Å². The van der Waals surface area contributed by atoms with Gasteiger partial charge in [0.2, 0.25) is 0 Å². The van der Waals surface area contributed by atoms with E-state index in [0.29, 0.717) is 0 Å². The molecule has 2 nitrogen and oxygen atoms in total. The summed E-state index contributed by atoms with van der Waals surface area (Å²) in [5.41, 5.74) is 2.55. The van der Waals surface area contributed by atoms with Crippen LogP contribution in [0.2, 0.25) is 0 Å². The maximum Gasteiger partial charge on any atom is 0.131 e. The summed E-state index contributed by atoms with van der Waals surface area (Å²) in [6, 6.07) is 41.5. The number of hydrogen-bond donors (Lipinski definition) is 0. The first-order valence-corrected chi connectivity index (χ1v) is 12.0. The standard InChI is InChI=1S/C28H25N2P/c1-30-26(22-13-5-2-6-14-22)21-29-28(30)25-19-11-12-20-27(25)31(23-15-7-3-8-16-23)24-17-9-4-10-18-24/h2-20,26H,21H2,1H3. The van der Waals surface area contributed by atoms with Crippen LogP contribution in [0.1, 0.15) is 17.2 Å². The van der Waals surface area contributed by atoms with Gasteiger partial charge in [-0.1, -0.05) is 115 Å². The first kappa shape index (κ1) is 19.7. The van der Waals surface area contributed by atoms with Crippen LogP contribution in [0.25, 0.3) is 0 Å². The molecule has 0 saturated heterocycles. The number of aliphatic imine (C=N–C) groups is 1. The fourth-order valence-corrected chi connectivity index (χ4v) is 6.72. The van der Waals surface area contributed by atoms with Crippen LogP contribution in [0.3, 0.4) is 0 Å². The third-order valence-electron chi connectivity index (χ3n) is 5.81. The molecule has 0 amide bonds. The van der Waals surface area contributed by atoms with Crippen LogP contribution < -0.4 is 15.9 Å². The Balaban J connectivity index is 1.59. The molecule has 1 aliphatic rings. The van der Waals surface area contributed by atoms with Crippen LogP contribution in [0, 0.1) is 0 Å². The van der Waals surface area contributed by atoms with Crippen LogP contribution in [-0.4, -0.2) is 24.3 Å². The first-order chi connectivity index (χ1) is 15.3. The van der Waals surface area contributed by atoms with Gasteiger partial charge in [0.25, 0.3) is 0 Å². The lowest BCUT2D eigenvalue weighted by molar-refractivity contribution is 0.418. The highest BCUT2D eigenvalue weighted by Crippen LogP contribution is 2.36. The Morgan fingerprint density at radius 2 is 1.19 bits per heavy atom. The number of benzene rings is 4. The van der Waals surface area contributed by atoms with Gasteiger partial charge in [-0.3, -0.25) is 4.99 Å². The fraction of sp³-hybridized carbons (Fsp3) is 0.107. The minimum Gasteiger partial charge on any atom is -0.351 e. The van der Waals surface area contributed by atoms with E-state index in [0.717, 1.165) is 12.4 Å². The second-order valence-electron chi connectivity index (χ2n) is 7.73. The van der Waals surface area contributed by atoms with Gasteiger partial charge in [-0.15, -0.1) is 0 Å². The largest absolute Gasteiger partial charge is 0.351 e. The highest BCUT2D eigenvalue weighted by molar-refractivity contribution is 7.80. The monoisotopic (exact) mass is 420 g/mol. The quantitative estimate of drug-likeness (QED) is 0.420. The van der Waals surface area contributed by atoms with Crippen molar-refractivity contribution in [1.29, 1.82) is 0 Å². The zero-order valence-electron chi connectivity index (χ0n) is 17.6. The van der Waals surface area contributed by atoms with Gasteiger partial charge in [0.15, 0.2) is 0 Å². The van der Waals surface area contributed by atoms with E-state index in [-0.39, 0.29) is 6.04 Å². The summed E-state index contributed by atoms with van der Waals surface area (Å²) >= 11 is 0. The van der Waals surface area contributed by atoms with Crippen molar-refractivity contribution < 1.29 is 0 Å². The molecule has 152 valence electrons. The second-order valence-corrected chi connectivity index (χ2v) is 9.91. The van der Waals surface area contributed by atoms with Crippen molar-refractivity contribution in [3.05, 3.63) is 126 Å². The smallest absolute Gasteiger partial charge is 0.131 e. The van der Waals surface area contributed by atoms with Crippen molar-refractivity contribution in [2.45, 2.75) is 6.04 Å². The highest BCUT2D eigenvalue weighted by Gasteiger charge is 2.30. The van der Waals surface area contributed by atoms with Gasteiger partial charge in [-0.25, -0.2) is 0 Å². The molecular formula is C28H25N2P. The molecule has 5 rings (SSSR count). The molecule has 0 spiro atoms. The Bertz CT molecular complexity index is 1130. The molecule has 0 fully saturated rings. The topological polar surface area (TPSA) is 15.6 Å². The maximum atomic E-state index is 5.03. The van der Waals surface area contributed by atoms with Crippen LogP contribution in [0.15, 0.2) is 120 Å². The van der Waals surface area contributed by atoms with E-state index >= 15 is 0 Å². The number of likely N-dealkylation sites (N-methyl/N-ethyl adjacent to an activating group) is 1. The second kappa shape index (κ2) is 8.88. The average Bonchev–Trinajstić information content (AvgIpc) is 3.23. The van der Waals surface area contributed by atoms with Crippen molar-refractivity contribution in [1.82, 2.24) is 4.90 Å². The van der Waals surface area contributed by atoms with Crippen LogP contribution in [-0.2, 0) is 0 Å². The Kier molecular flexibility index (Phi) is 5.65. The third kappa shape index (κ3) is 3.92. The zero-order chi connectivity index (χ0) is 21.0. The van der Waals surface area contributed by atoms with Gasteiger partial charge in [0.05, 0.1) is 12.6 Å². The molecule has 1 unspecified atom stereocenters. The normalized spacial score (nSPS) is 15.9. The minimum atomic E-state index is -0.678. The molecular weight excluding hydrogens is 395 g/mol. The van der Waals surface area contributed by atoms with Gasteiger partial charge in [-0.2, -0.15) is 0 Å². The predicted octanol–water partition coefficient (Wildman–Crippen LogP) is 4.88. The molecule has 0 aromatic heterocycles. The summed E-state index contributed by atoms with van der Waals surface area (Å²) in [7, 11) is 1.50.